The number of amidine groups is 1. The van der Waals surface area contributed by atoms with Crippen LogP contribution in [0.15, 0.2) is 18.0 Å². The molecule has 2 aliphatic heterocycles. The molecule has 0 saturated carbocycles. The SMILES string of the molecule is C[C@H](CNc1ncnc2c1C(C)(C)CN2C(=N)/C=C(/C#N)C(=N)C(F)(F)F)NC(=O)[C@@]1(C)CCS1(=O)=O. The number of nitrogens with one attached hydrogen (secondary N) is 4. The molecule has 15 heteroatoms. The van der Waals surface area contributed by atoms with E-state index in [1.54, 1.807) is 6.92 Å². The minimum atomic E-state index is -5.03. The molecule has 0 spiro atoms. The van der Waals surface area contributed by atoms with Crippen LogP contribution in [0.4, 0.5) is 24.8 Å². The molecule has 4 N–H and O–H groups in total. The molecule has 0 unspecified atom stereocenters. The van der Waals surface area contributed by atoms with E-state index in [4.69, 9.17) is 16.1 Å². The van der Waals surface area contributed by atoms with Crippen molar-refractivity contribution in [2.45, 2.75) is 56.5 Å². The fraction of sp³-hybridized carbons (Fsp3) is 0.545. The Balaban J connectivity index is 1.79. The van der Waals surface area contributed by atoms with Gasteiger partial charge in [-0.3, -0.25) is 15.6 Å². The second-order valence-corrected chi connectivity index (χ2v) is 12.4. The third-order valence-corrected chi connectivity index (χ3v) is 9.03. The first-order valence-electron chi connectivity index (χ1n) is 11.2. The van der Waals surface area contributed by atoms with Crippen molar-refractivity contribution >= 4 is 38.9 Å². The van der Waals surface area contributed by atoms with Gasteiger partial charge >= 0.3 is 6.18 Å². The zero-order valence-electron chi connectivity index (χ0n) is 20.6. The van der Waals surface area contributed by atoms with Gasteiger partial charge in [0.05, 0.1) is 11.3 Å². The number of hydrogen-bond donors (Lipinski definition) is 4. The standard InChI is InChI=1S/C22H27F3N8O3S/c1-12(32-19(34)21(4)5-6-37(21,35)36)9-29-17-15-18(31-11-30-17)33(10-20(15,2)3)14(27)7-13(8-26)16(28)22(23,24)25/h7,11-12,27-28H,5-6,9-10H2,1-4H3,(H,32,34)(H,29,30,31)/b13-7-,27-14?,28-16?/t12-,21-/m1/s1. The first-order valence-corrected chi connectivity index (χ1v) is 12.9. The summed E-state index contributed by atoms with van der Waals surface area (Å²) in [6.07, 6.45) is -2.89. The number of nitrogens with zero attached hydrogens (tertiary/aromatic N) is 4. The van der Waals surface area contributed by atoms with E-state index in [1.165, 1.54) is 24.2 Å². The molecule has 3 heterocycles. The Bertz CT molecular complexity index is 1330. The number of sulfone groups is 1. The van der Waals surface area contributed by atoms with Crippen molar-refractivity contribution in [1.29, 1.82) is 16.1 Å². The van der Waals surface area contributed by atoms with E-state index in [9.17, 15) is 26.4 Å². The average Bonchev–Trinajstić information content (AvgIpc) is 3.10. The van der Waals surface area contributed by atoms with E-state index in [0.29, 0.717) is 17.5 Å². The van der Waals surface area contributed by atoms with E-state index in [-0.39, 0.29) is 31.1 Å². The number of aromatic nitrogens is 2. The lowest BCUT2D eigenvalue weighted by molar-refractivity contribution is -0.124. The highest BCUT2D eigenvalue weighted by atomic mass is 32.2. The Morgan fingerprint density at radius 3 is 2.49 bits per heavy atom. The van der Waals surface area contributed by atoms with Gasteiger partial charge in [0, 0.05) is 36.2 Å². The number of carbonyl (C=O) groups is 1. The van der Waals surface area contributed by atoms with E-state index in [0.717, 1.165) is 0 Å². The highest BCUT2D eigenvalue weighted by molar-refractivity contribution is 7.95. The molecule has 2 atom stereocenters. The minimum absolute atomic E-state index is 0.0282. The summed E-state index contributed by atoms with van der Waals surface area (Å²) < 4.78 is 61.2. The van der Waals surface area contributed by atoms with Crippen LogP contribution in [0, 0.1) is 22.1 Å². The summed E-state index contributed by atoms with van der Waals surface area (Å²) in [6, 6.07) is 0.850. The largest absolute Gasteiger partial charge is 0.433 e. The van der Waals surface area contributed by atoms with Gasteiger partial charge in [-0.25, -0.2) is 18.4 Å². The molecule has 1 aromatic heterocycles. The van der Waals surface area contributed by atoms with Crippen molar-refractivity contribution in [2.24, 2.45) is 0 Å². The Labute approximate surface area is 212 Å². The van der Waals surface area contributed by atoms with Crippen LogP contribution in [0.25, 0.3) is 0 Å². The summed E-state index contributed by atoms with van der Waals surface area (Å²) in [6.45, 7) is 7.07. The summed E-state index contributed by atoms with van der Waals surface area (Å²) in [5.74, 6) is -0.423. The Kier molecular flexibility index (Phi) is 7.12. The van der Waals surface area contributed by atoms with Crippen LogP contribution < -0.4 is 15.5 Å². The molecule has 1 fully saturated rings. The Morgan fingerprint density at radius 2 is 1.97 bits per heavy atom. The van der Waals surface area contributed by atoms with Crippen LogP contribution in [-0.4, -0.2) is 71.6 Å². The van der Waals surface area contributed by atoms with Gasteiger partial charge in [0.15, 0.2) is 15.5 Å². The molecule has 0 radical (unpaired) electrons. The highest BCUT2D eigenvalue weighted by Crippen LogP contribution is 2.42. The van der Waals surface area contributed by atoms with E-state index in [2.05, 4.69) is 20.6 Å². The summed E-state index contributed by atoms with van der Waals surface area (Å²) in [5.41, 5.74) is -2.93. The number of rotatable bonds is 7. The fourth-order valence-electron chi connectivity index (χ4n) is 4.12. The number of carbonyl (C=O) groups excluding carboxylic acids is 1. The Morgan fingerprint density at radius 1 is 1.32 bits per heavy atom. The molecule has 3 rings (SSSR count). The Hall–Kier alpha value is -3.54. The third-order valence-electron chi connectivity index (χ3n) is 6.53. The molecule has 11 nitrogen and oxygen atoms in total. The zero-order chi connectivity index (χ0) is 28.0. The smallest absolute Gasteiger partial charge is 0.368 e. The van der Waals surface area contributed by atoms with Gasteiger partial charge in [0.25, 0.3) is 0 Å². The molecule has 200 valence electrons. The van der Waals surface area contributed by atoms with Gasteiger partial charge in [-0.2, -0.15) is 18.4 Å². The van der Waals surface area contributed by atoms with Gasteiger partial charge in [0.1, 0.15) is 34.6 Å². The normalized spacial score (nSPS) is 22.8. The first-order chi connectivity index (χ1) is 16.9. The number of alkyl halides is 3. The maximum Gasteiger partial charge on any atom is 0.433 e. The minimum Gasteiger partial charge on any atom is -0.368 e. The summed E-state index contributed by atoms with van der Waals surface area (Å²) in [7, 11) is -3.48. The second kappa shape index (κ2) is 9.40. The molecule has 1 saturated heterocycles. The number of anilines is 2. The number of allylic oxidation sites excluding steroid dienone is 1. The molecule has 0 aromatic carbocycles. The van der Waals surface area contributed by atoms with Gasteiger partial charge in [-0.15, -0.1) is 0 Å². The second-order valence-electron chi connectivity index (χ2n) is 9.87. The maximum atomic E-state index is 12.9. The van der Waals surface area contributed by atoms with Crippen LogP contribution in [-0.2, 0) is 20.0 Å². The van der Waals surface area contributed by atoms with Crippen LogP contribution in [0.5, 0.6) is 0 Å². The zero-order valence-corrected chi connectivity index (χ0v) is 21.4. The molecule has 1 amide bonds. The molecular formula is C22H27F3N8O3S. The lowest BCUT2D eigenvalue weighted by atomic mass is 9.88. The van der Waals surface area contributed by atoms with Gasteiger partial charge in [-0.1, -0.05) is 13.8 Å². The van der Waals surface area contributed by atoms with Crippen molar-refractivity contribution in [3.63, 3.8) is 0 Å². The molecule has 2 aliphatic rings. The fourth-order valence-corrected chi connectivity index (χ4v) is 5.61. The molecule has 37 heavy (non-hydrogen) atoms. The van der Waals surface area contributed by atoms with Crippen molar-refractivity contribution in [3.8, 4) is 6.07 Å². The monoisotopic (exact) mass is 540 g/mol. The summed E-state index contributed by atoms with van der Waals surface area (Å²) in [4.78, 5) is 22.3. The van der Waals surface area contributed by atoms with E-state index in [1.807, 2.05) is 13.8 Å². The number of nitriles is 1. The maximum absolute atomic E-state index is 12.9. The van der Waals surface area contributed by atoms with Crippen molar-refractivity contribution in [1.82, 2.24) is 15.3 Å². The molecule has 0 bridgehead atoms. The first kappa shape index (κ1) is 28.0. The lowest BCUT2D eigenvalue weighted by Gasteiger charge is -2.36. The summed E-state index contributed by atoms with van der Waals surface area (Å²) >= 11 is 0. The predicted octanol–water partition coefficient (Wildman–Crippen LogP) is 2.08. The number of fused-ring (bicyclic) bond motifs is 1. The van der Waals surface area contributed by atoms with Crippen LogP contribution in [0.2, 0.25) is 0 Å². The predicted molar refractivity (Wildman–Crippen MR) is 131 cm³/mol. The molecule has 0 aliphatic carbocycles. The van der Waals surface area contributed by atoms with Gasteiger partial charge in [0.2, 0.25) is 5.91 Å². The van der Waals surface area contributed by atoms with Gasteiger partial charge in [-0.05, 0) is 20.3 Å². The van der Waals surface area contributed by atoms with Crippen LogP contribution >= 0.6 is 0 Å². The molecule has 1 aromatic rings. The topological polar surface area (TPSA) is 176 Å². The average molecular weight is 541 g/mol. The van der Waals surface area contributed by atoms with Crippen molar-refractivity contribution in [2.75, 3.05) is 29.1 Å². The number of hydrogen-bond acceptors (Lipinski definition) is 9. The molecular weight excluding hydrogens is 513 g/mol. The highest BCUT2D eigenvalue weighted by Gasteiger charge is 2.54. The number of amides is 1. The van der Waals surface area contributed by atoms with Crippen LogP contribution in [0.3, 0.4) is 0 Å². The van der Waals surface area contributed by atoms with E-state index < -0.39 is 55.2 Å². The summed E-state index contributed by atoms with van der Waals surface area (Å²) in [5, 5.41) is 30.4. The van der Waals surface area contributed by atoms with Crippen LogP contribution in [0.1, 0.15) is 39.7 Å². The van der Waals surface area contributed by atoms with Crippen molar-refractivity contribution in [3.05, 3.63) is 23.5 Å². The third kappa shape index (κ3) is 5.15. The van der Waals surface area contributed by atoms with E-state index >= 15 is 0 Å². The quantitative estimate of drug-likeness (QED) is 0.231. The number of halogens is 3. The van der Waals surface area contributed by atoms with Gasteiger partial charge < -0.3 is 15.5 Å². The lowest BCUT2D eigenvalue weighted by Crippen LogP contribution is -2.60. The van der Waals surface area contributed by atoms with Crippen molar-refractivity contribution < 1.29 is 26.4 Å².